The van der Waals surface area contributed by atoms with Gasteiger partial charge >= 0.3 is 0 Å². The summed E-state index contributed by atoms with van der Waals surface area (Å²) in [6.45, 7) is 0. The molecule has 1 amide bonds. The van der Waals surface area contributed by atoms with Gasteiger partial charge in [-0.15, -0.1) is 0 Å². The van der Waals surface area contributed by atoms with Crippen molar-refractivity contribution in [3.05, 3.63) is 90.3 Å². The number of amides is 1. The Balaban J connectivity index is 1.95. The molecule has 0 aliphatic rings. The number of hydrogen-bond donors (Lipinski definition) is 3. The van der Waals surface area contributed by atoms with Crippen molar-refractivity contribution >= 4 is 27.2 Å². The van der Waals surface area contributed by atoms with Gasteiger partial charge in [-0.25, -0.2) is 13.9 Å². The predicted molar refractivity (Wildman–Crippen MR) is 111 cm³/mol. The molecule has 8 nitrogen and oxygen atoms in total. The number of hydroxylamine groups is 1. The summed E-state index contributed by atoms with van der Waals surface area (Å²) < 4.78 is 33.0. The van der Waals surface area contributed by atoms with Gasteiger partial charge in [0.05, 0.1) is 12.0 Å². The SMILES string of the molecule is COc1ccc(S(=O)(=O)Nc2cccc(C(=CC(=O)NO)c3cccnc3)c2)cc1. The van der Waals surface area contributed by atoms with Crippen LogP contribution in [0.25, 0.3) is 5.57 Å². The Morgan fingerprint density at radius 2 is 1.80 bits per heavy atom. The van der Waals surface area contributed by atoms with Crippen LogP contribution in [0.5, 0.6) is 5.75 Å². The Labute approximate surface area is 173 Å². The number of carbonyl (C=O) groups is 1. The summed E-state index contributed by atoms with van der Waals surface area (Å²) in [4.78, 5) is 15.9. The molecule has 0 aliphatic heterocycles. The van der Waals surface area contributed by atoms with E-state index in [1.807, 2.05) is 0 Å². The average molecular weight is 425 g/mol. The summed E-state index contributed by atoms with van der Waals surface area (Å²) in [5.41, 5.74) is 3.51. The Bertz CT molecular complexity index is 1160. The molecule has 9 heteroatoms. The van der Waals surface area contributed by atoms with Gasteiger partial charge in [-0.05, 0) is 53.6 Å². The van der Waals surface area contributed by atoms with Crippen LogP contribution in [-0.4, -0.2) is 31.6 Å². The second-order valence-corrected chi connectivity index (χ2v) is 7.82. The third kappa shape index (κ3) is 5.02. The van der Waals surface area contributed by atoms with E-state index in [4.69, 9.17) is 9.94 Å². The van der Waals surface area contributed by atoms with Crippen molar-refractivity contribution in [2.75, 3.05) is 11.8 Å². The molecule has 0 spiro atoms. The van der Waals surface area contributed by atoms with E-state index in [0.29, 0.717) is 28.1 Å². The lowest BCUT2D eigenvalue weighted by Gasteiger charge is -2.12. The van der Waals surface area contributed by atoms with Crippen molar-refractivity contribution in [2.45, 2.75) is 4.90 Å². The van der Waals surface area contributed by atoms with Gasteiger partial charge in [0.2, 0.25) is 0 Å². The number of nitrogens with zero attached hydrogens (tertiary/aromatic N) is 1. The molecule has 3 rings (SSSR count). The lowest BCUT2D eigenvalue weighted by Crippen LogP contribution is -2.16. The first-order valence-corrected chi connectivity index (χ1v) is 10.2. The molecule has 1 heterocycles. The standard InChI is InChI=1S/C21H19N3O5S/c1-29-18-7-9-19(10-8-18)30(27,28)24-17-6-2-4-15(12-17)20(13-21(25)23-26)16-5-3-11-22-14-16/h2-14,24,26H,1H3,(H,23,25). The maximum atomic E-state index is 12.7. The predicted octanol–water partition coefficient (Wildman–Crippen LogP) is 2.83. The molecule has 154 valence electrons. The van der Waals surface area contributed by atoms with E-state index in [1.165, 1.54) is 25.3 Å². The molecule has 0 bridgehead atoms. The van der Waals surface area contributed by atoms with Crippen LogP contribution < -0.4 is 14.9 Å². The highest BCUT2D eigenvalue weighted by atomic mass is 32.2. The number of carbonyl (C=O) groups excluding carboxylic acids is 1. The van der Waals surface area contributed by atoms with Crippen LogP contribution in [0.3, 0.4) is 0 Å². The van der Waals surface area contributed by atoms with Gasteiger partial charge < -0.3 is 4.74 Å². The van der Waals surface area contributed by atoms with Crippen molar-refractivity contribution in [3.63, 3.8) is 0 Å². The van der Waals surface area contributed by atoms with Gasteiger partial charge in [0.25, 0.3) is 15.9 Å². The molecule has 30 heavy (non-hydrogen) atoms. The largest absolute Gasteiger partial charge is 0.497 e. The van der Waals surface area contributed by atoms with Crippen molar-refractivity contribution in [2.24, 2.45) is 0 Å². The average Bonchev–Trinajstić information content (AvgIpc) is 2.77. The van der Waals surface area contributed by atoms with Gasteiger partial charge in [0.15, 0.2) is 0 Å². The summed E-state index contributed by atoms with van der Waals surface area (Å²) in [5.74, 6) is -0.178. The third-order valence-electron chi connectivity index (χ3n) is 4.15. The van der Waals surface area contributed by atoms with Gasteiger partial charge in [-0.3, -0.25) is 19.7 Å². The second-order valence-electron chi connectivity index (χ2n) is 6.14. The van der Waals surface area contributed by atoms with E-state index in [9.17, 15) is 13.2 Å². The summed E-state index contributed by atoms with van der Waals surface area (Å²) in [6.07, 6.45) is 4.35. The van der Waals surface area contributed by atoms with Crippen molar-refractivity contribution in [1.82, 2.24) is 10.5 Å². The highest BCUT2D eigenvalue weighted by Gasteiger charge is 2.15. The fourth-order valence-corrected chi connectivity index (χ4v) is 3.79. The van der Waals surface area contributed by atoms with Gasteiger partial charge in [-0.1, -0.05) is 18.2 Å². The second kappa shape index (κ2) is 9.21. The molecule has 0 aliphatic carbocycles. The van der Waals surface area contributed by atoms with E-state index in [0.717, 1.165) is 0 Å². The van der Waals surface area contributed by atoms with Crippen LogP contribution in [0.15, 0.2) is 84.0 Å². The topological polar surface area (TPSA) is 118 Å². The smallest absolute Gasteiger partial charge is 0.267 e. The number of hydrogen-bond acceptors (Lipinski definition) is 6. The lowest BCUT2D eigenvalue weighted by molar-refractivity contribution is -0.124. The summed E-state index contributed by atoms with van der Waals surface area (Å²) >= 11 is 0. The lowest BCUT2D eigenvalue weighted by atomic mass is 9.98. The number of ether oxygens (including phenoxy) is 1. The molecule has 0 fully saturated rings. The zero-order valence-corrected chi connectivity index (χ0v) is 16.8. The number of anilines is 1. The molecule has 0 unspecified atom stereocenters. The molecule has 3 aromatic rings. The fraction of sp³-hybridized carbons (Fsp3) is 0.0476. The Kier molecular flexibility index (Phi) is 6.45. The third-order valence-corrected chi connectivity index (χ3v) is 5.55. The van der Waals surface area contributed by atoms with Crippen molar-refractivity contribution in [3.8, 4) is 5.75 Å². The quantitative estimate of drug-likeness (QED) is 0.304. The van der Waals surface area contributed by atoms with E-state index in [2.05, 4.69) is 9.71 Å². The number of aromatic nitrogens is 1. The molecule has 3 N–H and O–H groups in total. The van der Waals surface area contributed by atoms with Crippen LogP contribution in [0.2, 0.25) is 0 Å². The van der Waals surface area contributed by atoms with E-state index >= 15 is 0 Å². The molecule has 0 saturated carbocycles. The van der Waals surface area contributed by atoms with Crippen LogP contribution in [0, 0.1) is 0 Å². The number of methoxy groups -OCH3 is 1. The summed E-state index contributed by atoms with van der Waals surface area (Å²) in [6, 6.07) is 16.0. The molecule has 1 aromatic heterocycles. The zero-order valence-electron chi connectivity index (χ0n) is 15.9. The summed E-state index contributed by atoms with van der Waals surface area (Å²) in [5, 5.41) is 8.89. The first-order chi connectivity index (χ1) is 14.4. The van der Waals surface area contributed by atoms with E-state index < -0.39 is 15.9 Å². The van der Waals surface area contributed by atoms with Crippen molar-refractivity contribution < 1.29 is 23.2 Å². The Morgan fingerprint density at radius 3 is 2.43 bits per heavy atom. The molecule has 2 aromatic carbocycles. The fourth-order valence-electron chi connectivity index (χ4n) is 2.74. The minimum Gasteiger partial charge on any atom is -0.497 e. The van der Waals surface area contributed by atoms with Crippen LogP contribution in [0.1, 0.15) is 11.1 Å². The maximum Gasteiger partial charge on any atom is 0.267 e. The Hall–Kier alpha value is -3.69. The molecule has 0 saturated heterocycles. The molecule has 0 atom stereocenters. The number of pyridine rings is 1. The highest BCUT2D eigenvalue weighted by Crippen LogP contribution is 2.26. The number of nitrogens with one attached hydrogen (secondary N) is 2. The number of benzene rings is 2. The zero-order chi connectivity index (χ0) is 21.6. The molecular formula is C21H19N3O5S. The van der Waals surface area contributed by atoms with Gasteiger partial charge in [-0.2, -0.15) is 0 Å². The normalized spacial score (nSPS) is 11.6. The van der Waals surface area contributed by atoms with Crippen LogP contribution >= 0.6 is 0 Å². The maximum absolute atomic E-state index is 12.7. The highest BCUT2D eigenvalue weighted by molar-refractivity contribution is 7.92. The van der Waals surface area contributed by atoms with Gasteiger partial charge in [0, 0.05) is 29.7 Å². The van der Waals surface area contributed by atoms with Gasteiger partial charge in [0.1, 0.15) is 5.75 Å². The van der Waals surface area contributed by atoms with E-state index in [-0.39, 0.29) is 4.90 Å². The first kappa shape index (κ1) is 21.0. The minimum atomic E-state index is -3.83. The summed E-state index contributed by atoms with van der Waals surface area (Å²) in [7, 11) is -2.33. The monoisotopic (exact) mass is 425 g/mol. The van der Waals surface area contributed by atoms with Crippen LogP contribution in [0.4, 0.5) is 5.69 Å². The van der Waals surface area contributed by atoms with E-state index in [1.54, 1.807) is 66.4 Å². The molecule has 0 radical (unpaired) electrons. The number of rotatable bonds is 7. The van der Waals surface area contributed by atoms with Crippen molar-refractivity contribution in [1.29, 1.82) is 0 Å². The Morgan fingerprint density at radius 1 is 1.07 bits per heavy atom. The number of sulfonamides is 1. The minimum absolute atomic E-state index is 0.0800. The first-order valence-electron chi connectivity index (χ1n) is 8.76. The van der Waals surface area contributed by atoms with Crippen LogP contribution in [-0.2, 0) is 14.8 Å². The molecular weight excluding hydrogens is 406 g/mol.